The number of amides is 1. The number of nitrogens with zero attached hydrogens (tertiary/aromatic N) is 4. The standard InChI is InChI=1S/C20H18F2N4O2/c21-20(22)9-16(10-23)26(13-20)19(28)4-3-18(27)17-5-7-25-12-15(17)8-14-2-1-6-24-11-14/h1-2,5-7,11-12,16H,3-4,8-9,13H2/t16-/m0/s1. The van der Waals surface area contributed by atoms with Crippen molar-refractivity contribution in [3.63, 3.8) is 0 Å². The van der Waals surface area contributed by atoms with Gasteiger partial charge in [0, 0.05) is 56.0 Å². The van der Waals surface area contributed by atoms with E-state index in [2.05, 4.69) is 9.97 Å². The first kappa shape index (κ1) is 19.5. The molecule has 1 amide bonds. The Morgan fingerprint density at radius 2 is 2.00 bits per heavy atom. The highest BCUT2D eigenvalue weighted by atomic mass is 19.3. The molecule has 2 aromatic rings. The van der Waals surface area contributed by atoms with Crippen molar-refractivity contribution in [2.45, 2.75) is 37.6 Å². The molecule has 0 unspecified atom stereocenters. The van der Waals surface area contributed by atoms with Crippen molar-refractivity contribution in [1.82, 2.24) is 14.9 Å². The summed E-state index contributed by atoms with van der Waals surface area (Å²) in [5, 5.41) is 8.99. The summed E-state index contributed by atoms with van der Waals surface area (Å²) < 4.78 is 27.0. The smallest absolute Gasteiger partial charge is 0.268 e. The van der Waals surface area contributed by atoms with Crippen molar-refractivity contribution in [2.24, 2.45) is 0 Å². The van der Waals surface area contributed by atoms with Crippen LogP contribution in [-0.2, 0) is 11.2 Å². The molecule has 144 valence electrons. The second-order valence-electron chi connectivity index (χ2n) is 6.72. The summed E-state index contributed by atoms with van der Waals surface area (Å²) in [4.78, 5) is 33.9. The van der Waals surface area contributed by atoms with Gasteiger partial charge in [-0.25, -0.2) is 8.78 Å². The Balaban J connectivity index is 1.66. The van der Waals surface area contributed by atoms with Crippen molar-refractivity contribution < 1.29 is 18.4 Å². The average Bonchev–Trinajstić information content (AvgIpc) is 3.02. The van der Waals surface area contributed by atoms with Gasteiger partial charge in [0.15, 0.2) is 5.78 Å². The number of ketones is 1. The molecule has 0 saturated carbocycles. The zero-order valence-electron chi connectivity index (χ0n) is 15.0. The van der Waals surface area contributed by atoms with Crippen LogP contribution < -0.4 is 0 Å². The van der Waals surface area contributed by atoms with E-state index in [-0.39, 0.29) is 18.6 Å². The number of halogens is 2. The topological polar surface area (TPSA) is 87.0 Å². The lowest BCUT2D eigenvalue weighted by Gasteiger charge is -2.19. The number of likely N-dealkylation sites (tertiary alicyclic amines) is 1. The van der Waals surface area contributed by atoms with Crippen LogP contribution in [0.2, 0.25) is 0 Å². The highest BCUT2D eigenvalue weighted by Gasteiger charge is 2.47. The highest BCUT2D eigenvalue weighted by Crippen LogP contribution is 2.32. The first-order valence-electron chi connectivity index (χ1n) is 8.81. The predicted octanol–water partition coefficient (Wildman–Crippen LogP) is 2.79. The number of alkyl halides is 2. The van der Waals surface area contributed by atoms with Gasteiger partial charge in [-0.3, -0.25) is 19.6 Å². The number of carbonyl (C=O) groups is 2. The second-order valence-corrected chi connectivity index (χ2v) is 6.72. The molecule has 1 aliphatic heterocycles. The minimum absolute atomic E-state index is 0.122. The molecule has 1 saturated heterocycles. The fourth-order valence-corrected chi connectivity index (χ4v) is 3.26. The summed E-state index contributed by atoms with van der Waals surface area (Å²) in [6.07, 6.45) is 5.89. The first-order valence-corrected chi connectivity index (χ1v) is 8.81. The van der Waals surface area contributed by atoms with Crippen molar-refractivity contribution in [2.75, 3.05) is 6.54 Å². The number of hydrogen-bond donors (Lipinski definition) is 0. The molecule has 1 atom stereocenters. The van der Waals surface area contributed by atoms with Gasteiger partial charge in [0.1, 0.15) is 6.04 Å². The van der Waals surface area contributed by atoms with Crippen LogP contribution in [0.5, 0.6) is 0 Å². The summed E-state index contributed by atoms with van der Waals surface area (Å²) in [7, 11) is 0. The third kappa shape index (κ3) is 4.55. The van der Waals surface area contributed by atoms with E-state index < -0.39 is 30.8 Å². The van der Waals surface area contributed by atoms with E-state index in [1.165, 1.54) is 6.20 Å². The van der Waals surface area contributed by atoms with Crippen LogP contribution in [0.4, 0.5) is 8.78 Å². The molecule has 0 N–H and O–H groups in total. The average molecular weight is 384 g/mol. The fraction of sp³-hybridized carbons (Fsp3) is 0.350. The fourth-order valence-electron chi connectivity index (χ4n) is 3.26. The Labute approximate surface area is 160 Å². The minimum Gasteiger partial charge on any atom is -0.320 e. The van der Waals surface area contributed by atoms with Crippen LogP contribution in [0, 0.1) is 11.3 Å². The maximum Gasteiger partial charge on any atom is 0.268 e. The molecule has 0 aliphatic carbocycles. The molecule has 1 aliphatic rings. The van der Waals surface area contributed by atoms with Crippen molar-refractivity contribution in [3.8, 4) is 6.07 Å². The number of carbonyl (C=O) groups excluding carboxylic acids is 2. The molecule has 3 heterocycles. The third-order valence-electron chi connectivity index (χ3n) is 4.63. The lowest BCUT2D eigenvalue weighted by molar-refractivity contribution is -0.132. The summed E-state index contributed by atoms with van der Waals surface area (Å²) in [6, 6.07) is 5.84. The van der Waals surface area contributed by atoms with E-state index in [1.54, 1.807) is 36.8 Å². The number of aromatic nitrogens is 2. The molecule has 3 rings (SSSR count). The molecular weight excluding hydrogens is 366 g/mol. The molecule has 0 radical (unpaired) electrons. The normalized spacial score (nSPS) is 17.9. The van der Waals surface area contributed by atoms with Crippen LogP contribution in [0.3, 0.4) is 0 Å². The highest BCUT2D eigenvalue weighted by molar-refractivity contribution is 5.99. The van der Waals surface area contributed by atoms with Gasteiger partial charge >= 0.3 is 0 Å². The van der Waals surface area contributed by atoms with E-state index in [0.29, 0.717) is 17.5 Å². The van der Waals surface area contributed by atoms with E-state index in [9.17, 15) is 18.4 Å². The Bertz CT molecular complexity index is 912. The quantitative estimate of drug-likeness (QED) is 0.715. The summed E-state index contributed by atoms with van der Waals surface area (Å²) in [5.74, 6) is -3.95. The van der Waals surface area contributed by atoms with E-state index in [1.807, 2.05) is 6.07 Å². The zero-order chi connectivity index (χ0) is 20.1. The molecule has 8 heteroatoms. The Kier molecular flexibility index (Phi) is 5.73. The number of Topliss-reactive ketones (excluding diaryl/α,β-unsaturated/α-hetero) is 1. The predicted molar refractivity (Wildman–Crippen MR) is 95.5 cm³/mol. The van der Waals surface area contributed by atoms with E-state index in [4.69, 9.17) is 5.26 Å². The van der Waals surface area contributed by atoms with Gasteiger partial charge in [0.25, 0.3) is 5.92 Å². The number of rotatable bonds is 6. The van der Waals surface area contributed by atoms with Gasteiger partial charge < -0.3 is 4.90 Å². The van der Waals surface area contributed by atoms with Crippen LogP contribution in [-0.4, -0.2) is 45.1 Å². The monoisotopic (exact) mass is 384 g/mol. The first-order chi connectivity index (χ1) is 13.4. The van der Waals surface area contributed by atoms with E-state index >= 15 is 0 Å². The molecule has 0 spiro atoms. The van der Waals surface area contributed by atoms with Crippen LogP contribution in [0.25, 0.3) is 0 Å². The van der Waals surface area contributed by atoms with Gasteiger partial charge in [-0.15, -0.1) is 0 Å². The van der Waals surface area contributed by atoms with Crippen molar-refractivity contribution in [3.05, 3.63) is 59.7 Å². The number of nitriles is 1. The molecular formula is C20H18F2N4O2. The van der Waals surface area contributed by atoms with Crippen LogP contribution in [0.1, 0.15) is 40.7 Å². The Hall–Kier alpha value is -3.21. The summed E-state index contributed by atoms with van der Waals surface area (Å²) >= 11 is 0. The molecule has 28 heavy (non-hydrogen) atoms. The molecule has 1 fully saturated rings. The zero-order valence-corrected chi connectivity index (χ0v) is 15.0. The lowest BCUT2D eigenvalue weighted by atomic mass is 9.98. The van der Waals surface area contributed by atoms with Crippen LogP contribution in [0.15, 0.2) is 43.0 Å². The third-order valence-corrected chi connectivity index (χ3v) is 4.63. The second kappa shape index (κ2) is 8.21. The minimum atomic E-state index is -3.07. The molecule has 0 aromatic carbocycles. The van der Waals surface area contributed by atoms with E-state index in [0.717, 1.165) is 10.5 Å². The van der Waals surface area contributed by atoms with Gasteiger partial charge in [0.05, 0.1) is 12.6 Å². The molecule has 0 bridgehead atoms. The number of pyridine rings is 2. The van der Waals surface area contributed by atoms with Gasteiger partial charge in [-0.2, -0.15) is 5.26 Å². The van der Waals surface area contributed by atoms with Crippen molar-refractivity contribution in [1.29, 1.82) is 5.26 Å². The summed E-state index contributed by atoms with van der Waals surface area (Å²) in [6.45, 7) is -0.778. The Morgan fingerprint density at radius 1 is 1.21 bits per heavy atom. The van der Waals surface area contributed by atoms with Crippen LogP contribution >= 0.6 is 0 Å². The van der Waals surface area contributed by atoms with Crippen molar-refractivity contribution >= 4 is 11.7 Å². The lowest BCUT2D eigenvalue weighted by Crippen LogP contribution is -2.36. The van der Waals surface area contributed by atoms with Gasteiger partial charge in [-0.05, 0) is 23.3 Å². The molecule has 6 nitrogen and oxygen atoms in total. The largest absolute Gasteiger partial charge is 0.320 e. The van der Waals surface area contributed by atoms with Gasteiger partial charge in [0.2, 0.25) is 5.91 Å². The maximum absolute atomic E-state index is 13.5. The summed E-state index contributed by atoms with van der Waals surface area (Å²) in [5.41, 5.74) is 2.06. The maximum atomic E-state index is 13.5. The number of hydrogen-bond acceptors (Lipinski definition) is 5. The van der Waals surface area contributed by atoms with Gasteiger partial charge in [-0.1, -0.05) is 6.07 Å². The SMILES string of the molecule is N#C[C@@H]1CC(F)(F)CN1C(=O)CCC(=O)c1ccncc1Cc1cccnc1. The molecule has 2 aromatic heterocycles. The Morgan fingerprint density at radius 3 is 2.71 bits per heavy atom.